The van der Waals surface area contributed by atoms with Gasteiger partial charge in [0.15, 0.2) is 0 Å². The Morgan fingerprint density at radius 1 is 0.828 bits per heavy atom. The lowest BCUT2D eigenvalue weighted by molar-refractivity contribution is -0.475. The van der Waals surface area contributed by atoms with Crippen LogP contribution in [0.5, 0.6) is 0 Å². The summed E-state index contributed by atoms with van der Waals surface area (Å²) in [5, 5.41) is 12.4. The average molecular weight is 398 g/mol. The Hall–Kier alpha value is -3.28. The predicted molar refractivity (Wildman–Crippen MR) is 116 cm³/mol. The molecule has 0 bridgehead atoms. The third-order valence-corrected chi connectivity index (χ3v) is 3.92. The standard InChI is InChI=1S/C16H14O3.C7H18N3/c1-19-16(18)14(12-8-4-2-5-9-12)15(17)13-10-6-3-7-11-13;1-8(2)7(9(3)4)10(5)6/h2-11,17H,1H3;1-6H3/q;+1/p-1/b15-14+;. The van der Waals surface area contributed by atoms with Crippen molar-refractivity contribution in [2.75, 3.05) is 49.4 Å². The second-order valence-corrected chi connectivity index (χ2v) is 6.91. The fraction of sp³-hybridized carbons (Fsp3) is 0.304. The molecule has 2 aromatic rings. The maximum atomic E-state index is 12.4. The van der Waals surface area contributed by atoms with Crippen LogP contribution < -0.4 is 5.11 Å². The molecule has 0 aliphatic rings. The molecule has 0 saturated carbocycles. The van der Waals surface area contributed by atoms with Gasteiger partial charge in [-0.05, 0) is 11.1 Å². The molecule has 0 fully saturated rings. The summed E-state index contributed by atoms with van der Waals surface area (Å²) in [6.07, 6.45) is 0. The number of ether oxygens (including phenoxy) is 1. The number of guanidine groups is 1. The zero-order valence-corrected chi connectivity index (χ0v) is 18.3. The molecular weight excluding hydrogens is 366 g/mol. The van der Waals surface area contributed by atoms with E-state index in [0.29, 0.717) is 11.1 Å². The van der Waals surface area contributed by atoms with Gasteiger partial charge in [0.1, 0.15) is 0 Å². The van der Waals surface area contributed by atoms with Gasteiger partial charge in [0.2, 0.25) is 0 Å². The lowest BCUT2D eigenvalue weighted by Gasteiger charge is -2.18. The second kappa shape index (κ2) is 11.5. The maximum absolute atomic E-state index is 12.4. The van der Waals surface area contributed by atoms with Crippen LogP contribution in [-0.2, 0) is 9.53 Å². The molecule has 0 aliphatic heterocycles. The summed E-state index contributed by atoms with van der Waals surface area (Å²) >= 11 is 0. The Balaban J connectivity index is 0.000000359. The van der Waals surface area contributed by atoms with Gasteiger partial charge in [-0.2, -0.15) is 0 Å². The van der Waals surface area contributed by atoms with Gasteiger partial charge < -0.3 is 9.84 Å². The number of carbonyl (C=O) groups excluding carboxylic acids is 1. The van der Waals surface area contributed by atoms with E-state index >= 15 is 0 Å². The zero-order valence-electron chi connectivity index (χ0n) is 18.3. The molecule has 6 heteroatoms. The van der Waals surface area contributed by atoms with Gasteiger partial charge in [-0.1, -0.05) is 66.4 Å². The van der Waals surface area contributed by atoms with Gasteiger partial charge in [0, 0.05) is 0 Å². The lowest BCUT2D eigenvalue weighted by atomic mass is 10.0. The molecule has 2 rings (SSSR count). The SMILES string of the molecule is CN(C)C(N(C)C)=[N+](C)C.COC(=O)/C(=C(/[O-])c1ccccc1)c1ccccc1. The van der Waals surface area contributed by atoms with Crippen LogP contribution in [-0.4, -0.2) is 75.7 Å². The highest BCUT2D eigenvalue weighted by Crippen LogP contribution is 2.23. The van der Waals surface area contributed by atoms with E-state index in [1.165, 1.54) is 13.1 Å². The molecule has 29 heavy (non-hydrogen) atoms. The monoisotopic (exact) mass is 397 g/mol. The van der Waals surface area contributed by atoms with Crippen LogP contribution in [0.1, 0.15) is 11.1 Å². The first-order valence-corrected chi connectivity index (χ1v) is 9.20. The van der Waals surface area contributed by atoms with Crippen LogP contribution in [0.2, 0.25) is 0 Å². The van der Waals surface area contributed by atoms with Crippen molar-refractivity contribution in [2.24, 2.45) is 0 Å². The minimum atomic E-state index is -0.625. The molecular formula is C23H31N3O3. The largest absolute Gasteiger partial charge is 0.871 e. The first kappa shape index (κ1) is 23.8. The highest BCUT2D eigenvalue weighted by molar-refractivity contribution is 6.23. The van der Waals surface area contributed by atoms with Crippen molar-refractivity contribution >= 4 is 23.3 Å². The van der Waals surface area contributed by atoms with Crippen molar-refractivity contribution in [3.63, 3.8) is 0 Å². The number of carbonyl (C=O) groups is 1. The Morgan fingerprint density at radius 3 is 1.55 bits per heavy atom. The molecule has 0 atom stereocenters. The van der Waals surface area contributed by atoms with Gasteiger partial charge >= 0.3 is 11.9 Å². The van der Waals surface area contributed by atoms with E-state index < -0.39 is 5.97 Å². The molecule has 0 aromatic heterocycles. The zero-order chi connectivity index (χ0) is 22.0. The number of rotatable bonds is 3. The smallest absolute Gasteiger partial charge is 0.349 e. The van der Waals surface area contributed by atoms with E-state index in [1.54, 1.807) is 48.5 Å². The van der Waals surface area contributed by atoms with Crippen LogP contribution >= 0.6 is 0 Å². The van der Waals surface area contributed by atoms with E-state index in [0.717, 1.165) is 0 Å². The molecule has 0 spiro atoms. The minimum absolute atomic E-state index is 0.0503. The topological polar surface area (TPSA) is 58.8 Å². The Bertz CT molecular complexity index is 828. The van der Waals surface area contributed by atoms with Crippen molar-refractivity contribution in [1.82, 2.24) is 9.80 Å². The molecule has 0 radical (unpaired) electrons. The summed E-state index contributed by atoms with van der Waals surface area (Å²) in [6, 6.07) is 17.5. The summed E-state index contributed by atoms with van der Waals surface area (Å²) in [7, 11) is 13.5. The van der Waals surface area contributed by atoms with Crippen molar-refractivity contribution in [1.29, 1.82) is 0 Å². The van der Waals surface area contributed by atoms with Gasteiger partial charge in [-0.25, -0.2) is 4.79 Å². The van der Waals surface area contributed by atoms with Gasteiger partial charge in [0.25, 0.3) is 0 Å². The fourth-order valence-corrected chi connectivity index (χ4v) is 2.98. The van der Waals surface area contributed by atoms with Crippen molar-refractivity contribution in [3.8, 4) is 0 Å². The first-order chi connectivity index (χ1) is 13.7. The minimum Gasteiger partial charge on any atom is -0.871 e. The number of hydrogen-bond donors (Lipinski definition) is 0. The second-order valence-electron chi connectivity index (χ2n) is 6.91. The quantitative estimate of drug-likeness (QED) is 0.150. The highest BCUT2D eigenvalue weighted by atomic mass is 16.5. The number of hydrogen-bond acceptors (Lipinski definition) is 3. The predicted octanol–water partition coefficient (Wildman–Crippen LogP) is 1.83. The molecule has 2 aromatic carbocycles. The maximum Gasteiger partial charge on any atom is 0.349 e. The molecule has 0 aliphatic carbocycles. The summed E-state index contributed by atoms with van der Waals surface area (Å²) in [5.41, 5.74) is 1.07. The number of methoxy groups -OCH3 is 1. The Kier molecular flexibility index (Phi) is 9.45. The number of esters is 1. The van der Waals surface area contributed by atoms with Crippen LogP contribution in [0, 0.1) is 0 Å². The van der Waals surface area contributed by atoms with Gasteiger partial charge in [-0.15, -0.1) is 0 Å². The normalized spacial score (nSPS) is 10.7. The third kappa shape index (κ3) is 6.99. The molecule has 0 N–H and O–H groups in total. The molecule has 0 amide bonds. The average Bonchev–Trinajstić information content (AvgIpc) is 2.69. The van der Waals surface area contributed by atoms with Crippen LogP contribution in [0.15, 0.2) is 60.7 Å². The fourth-order valence-electron chi connectivity index (χ4n) is 2.98. The third-order valence-electron chi connectivity index (χ3n) is 3.92. The Morgan fingerprint density at radius 2 is 1.24 bits per heavy atom. The van der Waals surface area contributed by atoms with E-state index in [4.69, 9.17) is 4.74 Å². The Labute approximate surface area is 174 Å². The summed E-state index contributed by atoms with van der Waals surface area (Å²) < 4.78 is 6.80. The number of benzene rings is 2. The van der Waals surface area contributed by atoms with Crippen LogP contribution in [0.25, 0.3) is 11.3 Å². The highest BCUT2D eigenvalue weighted by Gasteiger charge is 2.14. The molecule has 6 nitrogen and oxygen atoms in total. The summed E-state index contributed by atoms with van der Waals surface area (Å²) in [5.74, 6) is 0.235. The van der Waals surface area contributed by atoms with Crippen molar-refractivity contribution in [3.05, 3.63) is 71.8 Å². The summed E-state index contributed by atoms with van der Waals surface area (Å²) in [4.78, 5) is 16.0. The van der Waals surface area contributed by atoms with E-state index in [-0.39, 0.29) is 11.3 Å². The van der Waals surface area contributed by atoms with Crippen molar-refractivity contribution in [2.45, 2.75) is 0 Å². The number of nitrogens with zero attached hydrogens (tertiary/aromatic N) is 3. The molecule has 0 unspecified atom stereocenters. The first-order valence-electron chi connectivity index (χ1n) is 9.20. The lowest BCUT2D eigenvalue weighted by Crippen LogP contribution is -2.40. The van der Waals surface area contributed by atoms with E-state index in [1.807, 2.05) is 54.4 Å². The molecule has 0 heterocycles. The van der Waals surface area contributed by atoms with Gasteiger partial charge in [-0.3, -0.25) is 14.4 Å². The van der Waals surface area contributed by atoms with Gasteiger partial charge in [0.05, 0.1) is 55.0 Å². The van der Waals surface area contributed by atoms with Crippen LogP contribution in [0.4, 0.5) is 0 Å². The van der Waals surface area contributed by atoms with Crippen LogP contribution in [0.3, 0.4) is 0 Å². The van der Waals surface area contributed by atoms with E-state index in [2.05, 4.69) is 14.4 Å². The summed E-state index contributed by atoms with van der Waals surface area (Å²) in [6.45, 7) is 0. The van der Waals surface area contributed by atoms with Crippen molar-refractivity contribution < 1.29 is 19.2 Å². The molecule has 0 saturated heterocycles. The molecule has 156 valence electrons. The van der Waals surface area contributed by atoms with E-state index in [9.17, 15) is 9.90 Å².